The molecule has 0 aromatic carbocycles. The first kappa shape index (κ1) is 18.7. The monoisotopic (exact) mass is 468 g/mol. The number of carbonyl (C=O) groups is 2. The standard InChI is InChI=1S/C22H29IO3/c1-13(23)22(26-14(2)24)11-9-20-19-6-4-15-12-16(25)5-7-17(15)18(19)8-10-21(20,22)3/h12,17-20H,1,4-11H2,2-3H3/t17-,18+,19+,20-,21-,22+/m0/s1. The van der Waals surface area contributed by atoms with E-state index in [1.165, 1.54) is 25.3 Å². The molecule has 4 heteroatoms. The van der Waals surface area contributed by atoms with E-state index in [0.717, 1.165) is 42.1 Å². The quantitative estimate of drug-likeness (QED) is 0.404. The van der Waals surface area contributed by atoms with Gasteiger partial charge in [-0.2, -0.15) is 0 Å². The molecule has 0 N–H and O–H groups in total. The number of hydrogen-bond donors (Lipinski definition) is 0. The fraction of sp³-hybridized carbons (Fsp3) is 0.727. The Morgan fingerprint density at radius 1 is 1.19 bits per heavy atom. The summed E-state index contributed by atoms with van der Waals surface area (Å²) in [6.45, 7) is 8.12. The van der Waals surface area contributed by atoms with E-state index in [0.29, 0.717) is 29.5 Å². The lowest BCUT2D eigenvalue weighted by atomic mass is 9.50. The van der Waals surface area contributed by atoms with Crippen molar-refractivity contribution in [2.45, 2.75) is 70.8 Å². The van der Waals surface area contributed by atoms with E-state index in [9.17, 15) is 9.59 Å². The Labute approximate surface area is 170 Å². The van der Waals surface area contributed by atoms with Crippen LogP contribution in [0, 0.1) is 29.1 Å². The lowest BCUT2D eigenvalue weighted by Crippen LogP contribution is -2.54. The minimum atomic E-state index is -0.506. The van der Waals surface area contributed by atoms with E-state index in [2.05, 4.69) is 36.1 Å². The van der Waals surface area contributed by atoms with E-state index in [4.69, 9.17) is 4.74 Å². The van der Waals surface area contributed by atoms with Crippen LogP contribution >= 0.6 is 22.6 Å². The summed E-state index contributed by atoms with van der Waals surface area (Å²) in [4.78, 5) is 23.8. The maximum absolute atomic E-state index is 11.9. The summed E-state index contributed by atoms with van der Waals surface area (Å²) in [7, 11) is 0. The lowest BCUT2D eigenvalue weighted by molar-refractivity contribution is -0.169. The van der Waals surface area contributed by atoms with Crippen molar-refractivity contribution < 1.29 is 14.3 Å². The largest absolute Gasteiger partial charge is 0.453 e. The van der Waals surface area contributed by atoms with Gasteiger partial charge in [-0.25, -0.2) is 0 Å². The molecule has 0 spiro atoms. The van der Waals surface area contributed by atoms with Gasteiger partial charge in [0, 0.05) is 22.3 Å². The van der Waals surface area contributed by atoms with Gasteiger partial charge in [0.15, 0.2) is 5.78 Å². The molecule has 0 bridgehead atoms. The highest BCUT2D eigenvalue weighted by atomic mass is 127. The summed E-state index contributed by atoms with van der Waals surface area (Å²) in [5.74, 6) is 2.74. The van der Waals surface area contributed by atoms with Crippen molar-refractivity contribution in [1.82, 2.24) is 0 Å². The Morgan fingerprint density at radius 2 is 1.96 bits per heavy atom. The highest BCUT2D eigenvalue weighted by Gasteiger charge is 2.65. The van der Waals surface area contributed by atoms with Crippen molar-refractivity contribution in [2.24, 2.45) is 29.1 Å². The van der Waals surface area contributed by atoms with Gasteiger partial charge in [0.2, 0.25) is 0 Å². The highest BCUT2D eigenvalue weighted by Crippen LogP contribution is 2.67. The van der Waals surface area contributed by atoms with Gasteiger partial charge in [-0.05, 0) is 97.3 Å². The third-order valence-electron chi connectivity index (χ3n) is 8.18. The highest BCUT2D eigenvalue weighted by molar-refractivity contribution is 14.1. The van der Waals surface area contributed by atoms with E-state index >= 15 is 0 Å². The molecule has 0 aromatic heterocycles. The number of allylic oxidation sites excluding steroid dienone is 1. The smallest absolute Gasteiger partial charge is 0.303 e. The number of ketones is 1. The van der Waals surface area contributed by atoms with Crippen LogP contribution < -0.4 is 0 Å². The molecule has 4 aliphatic carbocycles. The SMILES string of the molecule is C=C(I)[C@]1(OC(C)=O)CC[C@H]2[C@@H]3CCC4=CC(=O)CC[C@@H]4[C@H]3CC[C@@]21C. The van der Waals surface area contributed by atoms with Gasteiger partial charge >= 0.3 is 5.97 Å². The Morgan fingerprint density at radius 3 is 2.65 bits per heavy atom. The van der Waals surface area contributed by atoms with E-state index in [1.807, 2.05) is 6.08 Å². The Balaban J connectivity index is 1.66. The van der Waals surface area contributed by atoms with Crippen LogP contribution in [0.3, 0.4) is 0 Å². The summed E-state index contributed by atoms with van der Waals surface area (Å²) in [5, 5.41) is 0. The number of hydrogen-bond acceptors (Lipinski definition) is 3. The molecule has 0 heterocycles. The van der Waals surface area contributed by atoms with Crippen LogP contribution in [-0.4, -0.2) is 17.4 Å². The molecular formula is C22H29IO3. The number of esters is 1. The maximum atomic E-state index is 11.9. The third-order valence-corrected chi connectivity index (χ3v) is 9.05. The van der Waals surface area contributed by atoms with Crippen molar-refractivity contribution in [2.75, 3.05) is 0 Å². The second kappa shape index (κ2) is 6.46. The van der Waals surface area contributed by atoms with Crippen LogP contribution in [0.4, 0.5) is 0 Å². The summed E-state index contributed by atoms with van der Waals surface area (Å²) < 4.78 is 7.01. The first-order valence-electron chi connectivity index (χ1n) is 10.1. The van der Waals surface area contributed by atoms with E-state index in [-0.39, 0.29) is 11.4 Å². The molecule has 6 atom stereocenters. The molecule has 0 saturated heterocycles. The maximum Gasteiger partial charge on any atom is 0.303 e. The first-order valence-corrected chi connectivity index (χ1v) is 11.1. The fourth-order valence-electron chi connectivity index (χ4n) is 7.09. The van der Waals surface area contributed by atoms with Crippen LogP contribution in [0.25, 0.3) is 0 Å². The van der Waals surface area contributed by atoms with Gasteiger partial charge in [0.25, 0.3) is 0 Å². The van der Waals surface area contributed by atoms with Crippen molar-refractivity contribution in [3.8, 4) is 0 Å². The Kier molecular flexibility index (Phi) is 4.64. The van der Waals surface area contributed by atoms with Crippen LogP contribution in [-0.2, 0) is 14.3 Å². The zero-order chi connectivity index (χ0) is 18.7. The molecule has 0 amide bonds. The average molecular weight is 468 g/mol. The van der Waals surface area contributed by atoms with Crippen LogP contribution in [0.2, 0.25) is 0 Å². The minimum Gasteiger partial charge on any atom is -0.453 e. The Hall–Kier alpha value is -0.650. The van der Waals surface area contributed by atoms with Crippen molar-refractivity contribution >= 4 is 34.3 Å². The first-order chi connectivity index (χ1) is 12.3. The number of carbonyl (C=O) groups excluding carboxylic acids is 2. The predicted octanol–water partition coefficient (Wildman–Crippen LogP) is 5.38. The molecule has 3 saturated carbocycles. The van der Waals surface area contributed by atoms with Gasteiger partial charge in [-0.15, -0.1) is 0 Å². The van der Waals surface area contributed by atoms with E-state index < -0.39 is 5.60 Å². The van der Waals surface area contributed by atoms with Crippen molar-refractivity contribution in [1.29, 1.82) is 0 Å². The minimum absolute atomic E-state index is 0.0101. The lowest BCUT2D eigenvalue weighted by Gasteiger charge is -2.56. The molecular weight excluding hydrogens is 439 g/mol. The number of halogens is 1. The molecule has 0 unspecified atom stereocenters. The fourth-order valence-corrected chi connectivity index (χ4v) is 8.09. The van der Waals surface area contributed by atoms with Gasteiger partial charge in [0.05, 0.1) is 0 Å². The van der Waals surface area contributed by atoms with Gasteiger partial charge in [-0.1, -0.05) is 19.1 Å². The molecule has 0 aliphatic heterocycles. The summed E-state index contributed by atoms with van der Waals surface area (Å²) in [5.41, 5.74) is 0.908. The third kappa shape index (κ3) is 2.57. The van der Waals surface area contributed by atoms with Gasteiger partial charge < -0.3 is 4.74 Å². The summed E-state index contributed by atoms with van der Waals surface area (Å²) in [6.07, 6.45) is 10.3. The van der Waals surface area contributed by atoms with Crippen LogP contribution in [0.1, 0.15) is 65.2 Å². The summed E-state index contributed by atoms with van der Waals surface area (Å²) in [6, 6.07) is 0. The van der Waals surface area contributed by atoms with Crippen molar-refractivity contribution in [3.05, 3.63) is 21.8 Å². The van der Waals surface area contributed by atoms with Crippen LogP contribution in [0.15, 0.2) is 21.8 Å². The number of ether oxygens (including phenoxy) is 1. The molecule has 0 aromatic rings. The molecule has 3 nitrogen and oxygen atoms in total. The second-order valence-electron chi connectivity index (χ2n) is 9.12. The molecule has 26 heavy (non-hydrogen) atoms. The molecule has 4 aliphatic rings. The zero-order valence-corrected chi connectivity index (χ0v) is 18.0. The molecule has 3 fully saturated rings. The van der Waals surface area contributed by atoms with Gasteiger partial charge in [0.1, 0.15) is 5.60 Å². The molecule has 0 radical (unpaired) electrons. The number of rotatable bonds is 2. The molecule has 4 rings (SSSR count). The average Bonchev–Trinajstić information content (AvgIpc) is 2.87. The Bertz CT molecular complexity index is 696. The second-order valence-corrected chi connectivity index (χ2v) is 10.4. The summed E-state index contributed by atoms with van der Waals surface area (Å²) >= 11 is 2.29. The molecule has 142 valence electrons. The van der Waals surface area contributed by atoms with Crippen LogP contribution in [0.5, 0.6) is 0 Å². The number of fused-ring (bicyclic) bond motifs is 5. The predicted molar refractivity (Wildman–Crippen MR) is 110 cm³/mol. The van der Waals surface area contributed by atoms with E-state index in [1.54, 1.807) is 0 Å². The van der Waals surface area contributed by atoms with Gasteiger partial charge in [-0.3, -0.25) is 9.59 Å². The zero-order valence-electron chi connectivity index (χ0n) is 15.9. The normalized spacial score (nSPS) is 44.4. The van der Waals surface area contributed by atoms with Crippen molar-refractivity contribution in [3.63, 3.8) is 0 Å². The topological polar surface area (TPSA) is 43.4 Å².